The van der Waals surface area contributed by atoms with Gasteiger partial charge in [-0.15, -0.1) is 0 Å². The van der Waals surface area contributed by atoms with Gasteiger partial charge in [-0.25, -0.2) is 14.3 Å². The first-order valence-electron chi connectivity index (χ1n) is 11.6. The molecule has 0 radical (unpaired) electrons. The van der Waals surface area contributed by atoms with Gasteiger partial charge in [0.1, 0.15) is 11.2 Å². The van der Waals surface area contributed by atoms with Crippen LogP contribution in [0.15, 0.2) is 35.3 Å². The number of nitrogens with zero attached hydrogens (tertiary/aromatic N) is 5. The summed E-state index contributed by atoms with van der Waals surface area (Å²) in [5.41, 5.74) is 5.59. The van der Waals surface area contributed by atoms with Crippen molar-refractivity contribution < 1.29 is 0 Å². The Kier molecular flexibility index (Phi) is 5.40. The van der Waals surface area contributed by atoms with Gasteiger partial charge in [0.05, 0.1) is 23.1 Å². The third-order valence-electron chi connectivity index (χ3n) is 6.67. The van der Waals surface area contributed by atoms with Crippen LogP contribution in [-0.4, -0.2) is 41.6 Å². The summed E-state index contributed by atoms with van der Waals surface area (Å²) >= 11 is 0. The van der Waals surface area contributed by atoms with Crippen LogP contribution in [0.1, 0.15) is 61.1 Å². The van der Waals surface area contributed by atoms with Crippen molar-refractivity contribution in [2.45, 2.75) is 72.0 Å². The van der Waals surface area contributed by atoms with E-state index in [4.69, 9.17) is 10.1 Å². The molecule has 2 N–H and O–H groups in total. The number of fused-ring (bicyclic) bond motifs is 1. The van der Waals surface area contributed by atoms with E-state index in [2.05, 4.69) is 48.3 Å². The van der Waals surface area contributed by atoms with Crippen molar-refractivity contribution in [1.82, 2.24) is 34.8 Å². The summed E-state index contributed by atoms with van der Waals surface area (Å²) in [5, 5.41) is 13.5. The van der Waals surface area contributed by atoms with Gasteiger partial charge in [0.15, 0.2) is 5.65 Å². The number of hydrogen-bond acceptors (Lipinski definition) is 5. The second-order valence-corrected chi connectivity index (χ2v) is 9.52. The third-order valence-corrected chi connectivity index (χ3v) is 6.67. The van der Waals surface area contributed by atoms with Crippen LogP contribution in [0.25, 0.3) is 16.7 Å². The van der Waals surface area contributed by atoms with Crippen LogP contribution in [0.3, 0.4) is 0 Å². The van der Waals surface area contributed by atoms with Crippen LogP contribution in [0.2, 0.25) is 0 Å². The lowest BCUT2D eigenvalue weighted by Gasteiger charge is -2.33. The lowest BCUT2D eigenvalue weighted by atomic mass is 9.95. The number of aryl methyl sites for hydroxylation is 3. The Morgan fingerprint density at radius 1 is 1.00 bits per heavy atom. The molecular formula is C25H31N7O. The van der Waals surface area contributed by atoms with Crippen molar-refractivity contribution in [2.75, 3.05) is 0 Å². The maximum Gasteiger partial charge on any atom is 0.262 e. The maximum absolute atomic E-state index is 12.9. The molecular weight excluding hydrogens is 414 g/mol. The molecule has 33 heavy (non-hydrogen) atoms. The highest BCUT2D eigenvalue weighted by atomic mass is 16.1. The molecule has 1 aliphatic rings. The first-order chi connectivity index (χ1) is 15.8. The summed E-state index contributed by atoms with van der Waals surface area (Å²) in [6, 6.07) is 9.25. The molecule has 0 saturated carbocycles. The summed E-state index contributed by atoms with van der Waals surface area (Å²) in [6.07, 6.45) is 4.52. The Balaban J connectivity index is 1.46. The smallest absolute Gasteiger partial charge is 0.262 e. The number of rotatable bonds is 4. The van der Waals surface area contributed by atoms with Crippen molar-refractivity contribution in [2.24, 2.45) is 0 Å². The Labute approximate surface area is 193 Å². The minimum atomic E-state index is -0.118. The molecule has 172 valence electrons. The zero-order valence-corrected chi connectivity index (χ0v) is 19.9. The highest BCUT2D eigenvalue weighted by Crippen LogP contribution is 2.28. The quantitative estimate of drug-likeness (QED) is 0.501. The molecule has 1 saturated heterocycles. The predicted molar refractivity (Wildman–Crippen MR) is 129 cm³/mol. The van der Waals surface area contributed by atoms with Crippen molar-refractivity contribution in [3.63, 3.8) is 0 Å². The molecule has 3 aromatic heterocycles. The average Bonchev–Trinajstić information content (AvgIpc) is 3.27. The third kappa shape index (κ3) is 4.11. The topological polar surface area (TPSA) is 93.4 Å². The summed E-state index contributed by atoms with van der Waals surface area (Å²) in [5.74, 6) is 0.655. The minimum Gasteiger partial charge on any atom is -0.312 e. The molecule has 8 nitrogen and oxygen atoms in total. The lowest BCUT2D eigenvalue weighted by Crippen LogP contribution is -2.43. The van der Waals surface area contributed by atoms with Crippen LogP contribution in [0.5, 0.6) is 0 Å². The number of piperidine rings is 1. The SMILES string of the molecule is Cc1cn(-c2ccc(Cc3nc4c(c(C)nn4C4CC(C)NC(C)C4)c(=O)[nH]3)cc2)nc1C. The van der Waals surface area contributed by atoms with Crippen molar-refractivity contribution in [3.8, 4) is 5.69 Å². The molecule has 1 fully saturated rings. The van der Waals surface area contributed by atoms with Gasteiger partial charge in [-0.1, -0.05) is 12.1 Å². The number of aromatic nitrogens is 6. The number of aromatic amines is 1. The van der Waals surface area contributed by atoms with Crippen LogP contribution in [0, 0.1) is 20.8 Å². The highest BCUT2D eigenvalue weighted by Gasteiger charge is 2.28. The van der Waals surface area contributed by atoms with Gasteiger partial charge in [0.25, 0.3) is 5.56 Å². The van der Waals surface area contributed by atoms with Crippen LogP contribution >= 0.6 is 0 Å². The average molecular weight is 446 g/mol. The Morgan fingerprint density at radius 3 is 2.33 bits per heavy atom. The molecule has 0 spiro atoms. The molecule has 8 heteroatoms. The van der Waals surface area contributed by atoms with Crippen LogP contribution in [0.4, 0.5) is 0 Å². The van der Waals surface area contributed by atoms with Gasteiger partial charge in [-0.2, -0.15) is 10.2 Å². The van der Waals surface area contributed by atoms with E-state index < -0.39 is 0 Å². The molecule has 0 aliphatic carbocycles. The van der Waals surface area contributed by atoms with Gasteiger partial charge < -0.3 is 10.3 Å². The Morgan fingerprint density at radius 2 is 1.70 bits per heavy atom. The van der Waals surface area contributed by atoms with Gasteiger partial charge in [0, 0.05) is 24.7 Å². The van der Waals surface area contributed by atoms with E-state index in [0.29, 0.717) is 35.4 Å². The van der Waals surface area contributed by atoms with Crippen LogP contribution < -0.4 is 10.9 Å². The van der Waals surface area contributed by atoms with E-state index in [-0.39, 0.29) is 11.6 Å². The van der Waals surface area contributed by atoms with Gasteiger partial charge in [0.2, 0.25) is 0 Å². The lowest BCUT2D eigenvalue weighted by molar-refractivity contribution is 0.253. The summed E-state index contributed by atoms with van der Waals surface area (Å²) in [6.45, 7) is 10.4. The van der Waals surface area contributed by atoms with E-state index >= 15 is 0 Å². The van der Waals surface area contributed by atoms with Gasteiger partial charge >= 0.3 is 0 Å². The second-order valence-electron chi connectivity index (χ2n) is 9.52. The normalized spacial score (nSPS) is 21.1. The second kappa shape index (κ2) is 8.26. The molecule has 4 aromatic rings. The number of H-pyrrole nitrogens is 1. The predicted octanol–water partition coefficient (Wildman–Crippen LogP) is 3.52. The number of hydrogen-bond donors (Lipinski definition) is 2. The molecule has 2 atom stereocenters. The fraction of sp³-hybridized carbons (Fsp3) is 0.440. The fourth-order valence-electron chi connectivity index (χ4n) is 4.97. The zero-order valence-electron chi connectivity index (χ0n) is 19.9. The largest absolute Gasteiger partial charge is 0.312 e. The van der Waals surface area contributed by atoms with E-state index in [1.807, 2.05) is 41.5 Å². The molecule has 1 aliphatic heterocycles. The van der Waals surface area contributed by atoms with Gasteiger partial charge in [-0.05, 0) is 70.7 Å². The first-order valence-corrected chi connectivity index (χ1v) is 11.6. The standard InChI is InChI=1S/C25H31N7O/c1-14-13-31(29-17(14)4)20-8-6-19(7-9-20)12-22-27-24-23(25(33)28-22)18(5)30-32(24)21-10-15(2)26-16(3)11-21/h6-9,13,15-16,21,26H,10-12H2,1-5H3,(H,27,28,33). The molecule has 0 amide bonds. The number of nitrogens with one attached hydrogen (secondary N) is 2. The molecule has 5 rings (SSSR count). The molecule has 1 aromatic carbocycles. The van der Waals surface area contributed by atoms with Crippen molar-refractivity contribution >= 4 is 11.0 Å². The Bertz CT molecular complexity index is 1330. The van der Waals surface area contributed by atoms with E-state index in [9.17, 15) is 4.79 Å². The summed E-state index contributed by atoms with van der Waals surface area (Å²) in [4.78, 5) is 20.8. The summed E-state index contributed by atoms with van der Waals surface area (Å²) < 4.78 is 3.88. The monoisotopic (exact) mass is 445 g/mol. The van der Waals surface area contributed by atoms with Crippen molar-refractivity contribution in [1.29, 1.82) is 0 Å². The zero-order chi connectivity index (χ0) is 23.3. The highest BCUT2D eigenvalue weighted by molar-refractivity contribution is 5.77. The maximum atomic E-state index is 12.9. The minimum absolute atomic E-state index is 0.118. The van der Waals surface area contributed by atoms with Crippen molar-refractivity contribution in [3.05, 3.63) is 69.2 Å². The Hall–Kier alpha value is -3.26. The number of benzene rings is 1. The summed E-state index contributed by atoms with van der Waals surface area (Å²) in [7, 11) is 0. The molecule has 2 unspecified atom stereocenters. The van der Waals surface area contributed by atoms with E-state index in [1.165, 1.54) is 5.56 Å². The van der Waals surface area contributed by atoms with E-state index in [0.717, 1.165) is 35.5 Å². The van der Waals surface area contributed by atoms with Crippen LogP contribution in [-0.2, 0) is 6.42 Å². The van der Waals surface area contributed by atoms with Gasteiger partial charge in [-0.3, -0.25) is 4.79 Å². The molecule has 4 heterocycles. The first kappa shape index (κ1) is 21.6. The fourth-order valence-corrected chi connectivity index (χ4v) is 4.97. The van der Waals surface area contributed by atoms with E-state index in [1.54, 1.807) is 0 Å². The molecule has 0 bridgehead atoms.